The zero-order valence-corrected chi connectivity index (χ0v) is 22.3. The molecule has 0 bridgehead atoms. The van der Waals surface area contributed by atoms with Crippen molar-refractivity contribution in [3.8, 4) is 11.4 Å². The van der Waals surface area contributed by atoms with Gasteiger partial charge in [-0.25, -0.2) is 0 Å². The van der Waals surface area contributed by atoms with Crippen molar-refractivity contribution in [3.05, 3.63) is 35.5 Å². The minimum absolute atomic E-state index is 0.113. The second-order valence-electron chi connectivity index (χ2n) is 9.29. The van der Waals surface area contributed by atoms with Crippen LogP contribution in [0.3, 0.4) is 0 Å². The van der Waals surface area contributed by atoms with E-state index < -0.39 is 0 Å². The molecule has 0 radical (unpaired) electrons. The van der Waals surface area contributed by atoms with Crippen molar-refractivity contribution in [2.45, 2.75) is 51.6 Å². The van der Waals surface area contributed by atoms with Gasteiger partial charge < -0.3 is 4.74 Å². The van der Waals surface area contributed by atoms with Gasteiger partial charge in [0.1, 0.15) is 0 Å². The van der Waals surface area contributed by atoms with Crippen molar-refractivity contribution in [3.63, 3.8) is 0 Å². The van der Waals surface area contributed by atoms with Crippen LogP contribution in [0.4, 0.5) is 11.5 Å². The van der Waals surface area contributed by atoms with Gasteiger partial charge in [0.15, 0.2) is 0 Å². The molecule has 0 saturated carbocycles. The van der Waals surface area contributed by atoms with Gasteiger partial charge in [-0.3, -0.25) is 4.79 Å². The van der Waals surface area contributed by atoms with E-state index in [1.54, 1.807) is 6.92 Å². The molecular weight excluding hydrogens is 559 g/mol. The molecule has 11 heteroatoms. The fraction of sp³-hybridized carbons (Fsp3) is 0.542. The fourth-order valence-corrected chi connectivity index (χ4v) is 6.31. The van der Waals surface area contributed by atoms with Crippen LogP contribution in [0.25, 0.3) is 11.4 Å². The summed E-state index contributed by atoms with van der Waals surface area (Å²) in [4.78, 5) is 28.3. The molecule has 0 unspecified atom stereocenters. The number of hydrogen-bond acceptors (Lipinski definition) is 7. The first kappa shape index (κ1) is 22.9. The van der Waals surface area contributed by atoms with Crippen LogP contribution in [0.15, 0.2) is 18.6 Å². The summed E-state index contributed by atoms with van der Waals surface area (Å²) < 4.78 is 9.86. The maximum atomic E-state index is 12.2. The maximum absolute atomic E-state index is 12.2. The third kappa shape index (κ3) is 4.22. The van der Waals surface area contributed by atoms with Gasteiger partial charge in [-0.2, -0.15) is 0 Å². The zero-order chi connectivity index (χ0) is 23.9. The summed E-state index contributed by atoms with van der Waals surface area (Å²) >= 11 is -0.133. The number of rotatable bonds is 4. The Balaban J connectivity index is 1.40. The Morgan fingerprint density at radius 3 is 2.80 bits per heavy atom. The third-order valence-electron chi connectivity index (χ3n) is 7.22. The zero-order valence-electron chi connectivity index (χ0n) is 20.2. The molecule has 35 heavy (non-hydrogen) atoms. The quantitative estimate of drug-likeness (QED) is 0.295. The first-order chi connectivity index (χ1) is 17.1. The van der Waals surface area contributed by atoms with Gasteiger partial charge in [0.2, 0.25) is 5.91 Å². The molecule has 6 rings (SSSR count). The Bertz CT molecular complexity index is 1250. The normalized spacial score (nSPS) is 18.6. The van der Waals surface area contributed by atoms with Crippen molar-refractivity contribution in [2.24, 2.45) is 0 Å². The number of hydrogen-bond donors (Lipinski definition) is 0. The number of carbonyl (C=O) groups is 1. The van der Waals surface area contributed by atoms with Crippen LogP contribution in [-0.4, -0.2) is 69.8 Å². The fourth-order valence-electron chi connectivity index (χ4n) is 5.36. The second kappa shape index (κ2) is 9.49. The number of nitrogens with zero attached hydrogens (tertiary/aromatic N) is 8. The molecule has 1 amide bonds. The molecule has 1 saturated heterocycles. The van der Waals surface area contributed by atoms with Crippen molar-refractivity contribution < 1.29 is 31.0 Å². The molecule has 10 nitrogen and oxygen atoms in total. The summed E-state index contributed by atoms with van der Waals surface area (Å²) in [6, 6.07) is 0.343. The number of anilines is 2. The number of carbonyl (C=O) groups excluding carboxylic acids is 1. The minimum atomic E-state index is -0.133. The molecule has 3 aromatic heterocycles. The molecule has 6 heterocycles. The molecule has 0 aromatic carbocycles. The topological polar surface area (TPSA) is 94.2 Å². The number of halogens is 1. The Morgan fingerprint density at radius 2 is 2.03 bits per heavy atom. The third-order valence-corrected chi connectivity index (χ3v) is 8.73. The molecular formula is C24H30IN8O2-. The molecule has 0 aliphatic carbocycles. The number of ether oxygens (including phenoxy) is 1. The average molecular weight is 589 g/mol. The summed E-state index contributed by atoms with van der Waals surface area (Å²) in [5, 5.41) is 9.63. The molecule has 186 valence electrons. The number of amides is 1. The first-order valence-electron chi connectivity index (χ1n) is 12.2. The van der Waals surface area contributed by atoms with E-state index in [4.69, 9.17) is 19.8 Å². The van der Waals surface area contributed by atoms with E-state index in [9.17, 15) is 4.79 Å². The number of alkyl halides is 1. The van der Waals surface area contributed by atoms with Gasteiger partial charge in [0.05, 0.1) is 0 Å². The van der Waals surface area contributed by atoms with E-state index in [0.29, 0.717) is 12.6 Å². The van der Waals surface area contributed by atoms with E-state index in [1.807, 2.05) is 26.4 Å². The van der Waals surface area contributed by atoms with Crippen molar-refractivity contribution in [2.75, 3.05) is 36.1 Å². The molecule has 3 aliphatic heterocycles. The van der Waals surface area contributed by atoms with E-state index in [1.165, 1.54) is 11.3 Å². The number of aryl methyl sites for hydroxylation is 1. The SMILES string of the molecule is C[I-]n1cc(-c2ncc3c(n2)CCCN3c2nn(C3CCOCC3)c3c2CN(C(C)=O)CC3)cn1. The van der Waals surface area contributed by atoms with E-state index >= 15 is 0 Å². The van der Waals surface area contributed by atoms with Gasteiger partial charge >= 0.3 is 161 Å². The second-order valence-corrected chi connectivity index (χ2v) is 11.2. The van der Waals surface area contributed by atoms with Gasteiger partial charge in [-0.15, -0.1) is 0 Å². The van der Waals surface area contributed by atoms with Crippen LogP contribution in [0.1, 0.15) is 49.2 Å². The summed E-state index contributed by atoms with van der Waals surface area (Å²) in [5.74, 6) is 1.80. The molecule has 0 atom stereocenters. The number of aromatic nitrogens is 6. The van der Waals surface area contributed by atoms with Crippen LogP contribution in [0.2, 0.25) is 0 Å². The summed E-state index contributed by atoms with van der Waals surface area (Å²) in [7, 11) is 0. The van der Waals surface area contributed by atoms with Crippen LogP contribution < -0.4 is 26.4 Å². The van der Waals surface area contributed by atoms with Crippen LogP contribution >= 0.6 is 0 Å². The monoisotopic (exact) mass is 589 g/mol. The van der Waals surface area contributed by atoms with E-state index in [-0.39, 0.29) is 27.4 Å². The summed E-state index contributed by atoms with van der Waals surface area (Å²) in [6.45, 7) is 5.41. The van der Waals surface area contributed by atoms with E-state index in [2.05, 4.69) is 19.6 Å². The first-order valence-corrected chi connectivity index (χ1v) is 15.4. The molecule has 0 spiro atoms. The van der Waals surface area contributed by atoms with E-state index in [0.717, 1.165) is 87.0 Å². The van der Waals surface area contributed by atoms with Crippen molar-refractivity contribution >= 4 is 17.4 Å². The summed E-state index contributed by atoms with van der Waals surface area (Å²) in [6.07, 6.45) is 10.5. The Morgan fingerprint density at radius 1 is 1.17 bits per heavy atom. The Kier molecular flexibility index (Phi) is 6.21. The molecule has 0 N–H and O–H groups in total. The Labute approximate surface area is 215 Å². The van der Waals surface area contributed by atoms with Crippen LogP contribution in [0, 0.1) is 0 Å². The average Bonchev–Trinajstić information content (AvgIpc) is 3.53. The van der Waals surface area contributed by atoms with Gasteiger partial charge in [0, 0.05) is 26.7 Å². The summed E-state index contributed by atoms with van der Waals surface area (Å²) in [5.41, 5.74) is 5.47. The standard InChI is InChI=1S/C24H30IN8O2/c1-16(34)30-9-5-21-19(15-30)24(29-33(21)18-6-10-35-11-7-18)31-8-3-4-20-22(31)13-26-23(28-20)17-12-27-32(14-17)25-2/h12-14,18H,3-11,15H2,1-2H3/q-1. The van der Waals surface area contributed by atoms with Crippen molar-refractivity contribution in [1.82, 2.24) is 32.6 Å². The van der Waals surface area contributed by atoms with Gasteiger partial charge in [0.25, 0.3) is 0 Å². The molecule has 3 aromatic rings. The number of fused-ring (bicyclic) bond motifs is 2. The van der Waals surface area contributed by atoms with Crippen LogP contribution in [-0.2, 0) is 28.9 Å². The Hall–Kier alpha value is -2.54. The van der Waals surface area contributed by atoms with Crippen molar-refractivity contribution in [1.29, 1.82) is 0 Å². The molecule has 1 fully saturated rings. The molecule has 3 aliphatic rings. The predicted octanol–water partition coefficient (Wildman–Crippen LogP) is -0.641. The predicted molar refractivity (Wildman–Crippen MR) is 126 cm³/mol. The van der Waals surface area contributed by atoms with Crippen LogP contribution in [0.5, 0.6) is 0 Å². The van der Waals surface area contributed by atoms with Gasteiger partial charge in [-0.05, 0) is 12.8 Å². The van der Waals surface area contributed by atoms with Gasteiger partial charge in [-0.1, -0.05) is 0 Å².